The number of aromatic nitrogens is 2. The number of hydrogen-bond donors (Lipinski definition) is 1. The van der Waals surface area contributed by atoms with E-state index >= 15 is 0 Å². The van der Waals surface area contributed by atoms with E-state index in [1.165, 1.54) is 12.4 Å². The third-order valence-corrected chi connectivity index (χ3v) is 3.97. The molecule has 7 heteroatoms. The van der Waals surface area contributed by atoms with Crippen LogP contribution in [0, 0.1) is 5.82 Å². The average molecular weight is 376 g/mol. The van der Waals surface area contributed by atoms with E-state index in [0.717, 1.165) is 9.86 Å². The SMILES string of the molecule is Fc1ccc(Br)cc1Nc1ncnc2cc3c(cc12)OCCO3. The van der Waals surface area contributed by atoms with Crippen molar-refractivity contribution in [1.82, 2.24) is 9.97 Å². The quantitative estimate of drug-likeness (QED) is 0.732. The summed E-state index contributed by atoms with van der Waals surface area (Å²) in [4.78, 5) is 8.46. The van der Waals surface area contributed by atoms with Crippen LogP contribution in [0.25, 0.3) is 10.9 Å². The number of benzene rings is 2. The van der Waals surface area contributed by atoms with Gasteiger partial charge in [-0.05, 0) is 24.3 Å². The monoisotopic (exact) mass is 375 g/mol. The maximum atomic E-state index is 14.0. The number of nitrogens with one attached hydrogen (secondary N) is 1. The van der Waals surface area contributed by atoms with Gasteiger partial charge < -0.3 is 14.8 Å². The van der Waals surface area contributed by atoms with Crippen molar-refractivity contribution in [2.45, 2.75) is 0 Å². The first-order chi connectivity index (χ1) is 11.2. The molecular formula is C16H11BrFN3O2. The Morgan fingerprint density at radius 3 is 2.65 bits per heavy atom. The van der Waals surface area contributed by atoms with Crippen molar-refractivity contribution >= 4 is 38.3 Å². The number of rotatable bonds is 2. The number of fused-ring (bicyclic) bond motifs is 2. The topological polar surface area (TPSA) is 56.3 Å². The zero-order valence-electron chi connectivity index (χ0n) is 11.8. The molecule has 0 unspecified atom stereocenters. The number of ether oxygens (including phenoxy) is 2. The third-order valence-electron chi connectivity index (χ3n) is 3.48. The fourth-order valence-corrected chi connectivity index (χ4v) is 2.77. The van der Waals surface area contributed by atoms with Gasteiger partial charge in [-0.15, -0.1) is 0 Å². The number of halogens is 2. The van der Waals surface area contributed by atoms with Gasteiger partial charge in [0.05, 0.1) is 11.2 Å². The number of anilines is 2. The molecule has 3 aromatic rings. The van der Waals surface area contributed by atoms with Crippen molar-refractivity contribution in [3.63, 3.8) is 0 Å². The second-order valence-electron chi connectivity index (χ2n) is 4.98. The molecule has 1 aromatic heterocycles. The zero-order chi connectivity index (χ0) is 15.8. The summed E-state index contributed by atoms with van der Waals surface area (Å²) in [5, 5.41) is 3.74. The van der Waals surface area contributed by atoms with E-state index in [1.807, 2.05) is 6.07 Å². The third kappa shape index (κ3) is 2.68. The van der Waals surface area contributed by atoms with Crippen LogP contribution in [0.2, 0.25) is 0 Å². The molecule has 2 aromatic carbocycles. The predicted molar refractivity (Wildman–Crippen MR) is 87.9 cm³/mol. The number of nitrogens with zero attached hydrogens (tertiary/aromatic N) is 2. The molecular weight excluding hydrogens is 365 g/mol. The van der Waals surface area contributed by atoms with Gasteiger partial charge in [-0.1, -0.05) is 15.9 Å². The highest BCUT2D eigenvalue weighted by Gasteiger charge is 2.16. The van der Waals surface area contributed by atoms with Crippen LogP contribution in [0.4, 0.5) is 15.9 Å². The molecule has 0 fully saturated rings. The van der Waals surface area contributed by atoms with Crippen molar-refractivity contribution in [3.8, 4) is 11.5 Å². The second kappa shape index (κ2) is 5.66. The molecule has 4 rings (SSSR count). The molecule has 2 heterocycles. The molecule has 0 amide bonds. The van der Waals surface area contributed by atoms with E-state index in [0.29, 0.717) is 41.7 Å². The van der Waals surface area contributed by atoms with Crippen LogP contribution >= 0.6 is 15.9 Å². The molecule has 0 bridgehead atoms. The Balaban J connectivity index is 1.82. The van der Waals surface area contributed by atoms with Crippen LogP contribution in [0.5, 0.6) is 11.5 Å². The maximum Gasteiger partial charge on any atom is 0.163 e. The van der Waals surface area contributed by atoms with E-state index in [1.54, 1.807) is 18.2 Å². The van der Waals surface area contributed by atoms with E-state index in [-0.39, 0.29) is 5.82 Å². The fraction of sp³-hybridized carbons (Fsp3) is 0.125. The van der Waals surface area contributed by atoms with Crippen LogP contribution in [0.3, 0.4) is 0 Å². The highest BCUT2D eigenvalue weighted by Crippen LogP contribution is 2.36. The van der Waals surface area contributed by atoms with E-state index in [2.05, 4.69) is 31.2 Å². The Labute approximate surface area is 139 Å². The Kier molecular flexibility index (Phi) is 3.49. The van der Waals surface area contributed by atoms with Crippen LogP contribution in [0.15, 0.2) is 41.1 Å². The fourth-order valence-electron chi connectivity index (χ4n) is 2.41. The van der Waals surface area contributed by atoms with Gasteiger partial charge in [0.15, 0.2) is 11.5 Å². The lowest BCUT2D eigenvalue weighted by atomic mass is 10.2. The first kappa shape index (κ1) is 14.2. The van der Waals surface area contributed by atoms with E-state index in [4.69, 9.17) is 9.47 Å². The summed E-state index contributed by atoms with van der Waals surface area (Å²) in [6, 6.07) is 8.28. The molecule has 1 aliphatic rings. The average Bonchev–Trinajstić information content (AvgIpc) is 2.57. The smallest absolute Gasteiger partial charge is 0.163 e. The number of hydrogen-bond acceptors (Lipinski definition) is 5. The zero-order valence-corrected chi connectivity index (χ0v) is 13.4. The summed E-state index contributed by atoms with van der Waals surface area (Å²) in [6.07, 6.45) is 1.43. The Morgan fingerprint density at radius 1 is 1.04 bits per heavy atom. The lowest BCUT2D eigenvalue weighted by Crippen LogP contribution is -2.15. The van der Waals surface area contributed by atoms with Crippen molar-refractivity contribution in [1.29, 1.82) is 0 Å². The normalized spacial score (nSPS) is 13.1. The Morgan fingerprint density at radius 2 is 1.83 bits per heavy atom. The van der Waals surface area contributed by atoms with Gasteiger partial charge in [0.2, 0.25) is 0 Å². The van der Waals surface area contributed by atoms with Crippen LogP contribution < -0.4 is 14.8 Å². The van der Waals surface area contributed by atoms with Crippen molar-refractivity contribution in [2.75, 3.05) is 18.5 Å². The van der Waals surface area contributed by atoms with Gasteiger partial charge in [0.1, 0.15) is 31.2 Å². The van der Waals surface area contributed by atoms with Crippen LogP contribution in [-0.4, -0.2) is 23.2 Å². The highest BCUT2D eigenvalue weighted by atomic mass is 79.9. The summed E-state index contributed by atoms with van der Waals surface area (Å²) in [6.45, 7) is 1.01. The summed E-state index contributed by atoms with van der Waals surface area (Å²) in [7, 11) is 0. The van der Waals surface area contributed by atoms with E-state index in [9.17, 15) is 4.39 Å². The van der Waals surface area contributed by atoms with Crippen molar-refractivity contribution in [2.24, 2.45) is 0 Å². The van der Waals surface area contributed by atoms with Gasteiger partial charge in [-0.3, -0.25) is 0 Å². The van der Waals surface area contributed by atoms with Crippen molar-refractivity contribution in [3.05, 3.63) is 46.9 Å². The van der Waals surface area contributed by atoms with Gasteiger partial charge >= 0.3 is 0 Å². The molecule has 0 spiro atoms. The summed E-state index contributed by atoms with van der Waals surface area (Å²) < 4.78 is 25.9. The largest absolute Gasteiger partial charge is 0.486 e. The molecule has 23 heavy (non-hydrogen) atoms. The minimum atomic E-state index is -0.363. The molecule has 1 aliphatic heterocycles. The molecule has 0 saturated heterocycles. The summed E-state index contributed by atoms with van der Waals surface area (Å²) >= 11 is 3.33. The molecule has 0 saturated carbocycles. The standard InChI is InChI=1S/C16H11BrFN3O2/c17-9-1-2-11(18)13(5-9)21-16-10-6-14-15(23-4-3-22-14)7-12(10)19-8-20-16/h1-2,5-8H,3-4H2,(H,19,20,21). The molecule has 0 radical (unpaired) electrons. The molecule has 0 aliphatic carbocycles. The molecule has 5 nitrogen and oxygen atoms in total. The van der Waals surface area contributed by atoms with Gasteiger partial charge in [0, 0.05) is 15.9 Å². The predicted octanol–water partition coefficient (Wildman–Crippen LogP) is 4.05. The van der Waals surface area contributed by atoms with Gasteiger partial charge in [0.25, 0.3) is 0 Å². The molecule has 116 valence electrons. The summed E-state index contributed by atoms with van der Waals surface area (Å²) in [5.74, 6) is 1.43. The Hall–Kier alpha value is -2.41. The molecule has 0 atom stereocenters. The minimum Gasteiger partial charge on any atom is -0.486 e. The second-order valence-corrected chi connectivity index (χ2v) is 5.90. The lowest BCUT2D eigenvalue weighted by Gasteiger charge is -2.19. The van der Waals surface area contributed by atoms with Crippen LogP contribution in [-0.2, 0) is 0 Å². The molecule has 1 N–H and O–H groups in total. The first-order valence-corrected chi connectivity index (χ1v) is 7.76. The van der Waals surface area contributed by atoms with Gasteiger partial charge in [-0.2, -0.15) is 0 Å². The Bertz CT molecular complexity index is 904. The summed E-state index contributed by atoms with van der Waals surface area (Å²) in [5.41, 5.74) is 1.02. The lowest BCUT2D eigenvalue weighted by molar-refractivity contribution is 0.172. The minimum absolute atomic E-state index is 0.328. The van der Waals surface area contributed by atoms with E-state index < -0.39 is 0 Å². The van der Waals surface area contributed by atoms with Crippen LogP contribution in [0.1, 0.15) is 0 Å². The highest BCUT2D eigenvalue weighted by molar-refractivity contribution is 9.10. The maximum absolute atomic E-state index is 14.0. The first-order valence-electron chi connectivity index (χ1n) is 6.97. The van der Waals surface area contributed by atoms with Gasteiger partial charge in [-0.25, -0.2) is 14.4 Å². The van der Waals surface area contributed by atoms with Crippen molar-refractivity contribution < 1.29 is 13.9 Å².